The van der Waals surface area contributed by atoms with Crippen LogP contribution in [0.25, 0.3) is 0 Å². The second-order valence-corrected chi connectivity index (χ2v) is 1.13. The summed E-state index contributed by atoms with van der Waals surface area (Å²) in [6.45, 7) is 0. The lowest BCUT2D eigenvalue weighted by Crippen LogP contribution is -1.80. The molecule has 0 saturated heterocycles. The van der Waals surface area contributed by atoms with Gasteiger partial charge < -0.3 is 8.74 Å². The van der Waals surface area contributed by atoms with Crippen LogP contribution in [0, 0.1) is 0 Å². The summed E-state index contributed by atoms with van der Waals surface area (Å²) in [6, 6.07) is 0. The molecule has 0 rings (SSSR count). The van der Waals surface area contributed by atoms with E-state index < -0.39 is 5.30 Å². The summed E-state index contributed by atoms with van der Waals surface area (Å²) in [4.78, 5) is 9.59. The molecule has 3 nitrogen and oxygen atoms in total. The number of thiol groups is 1. The standard InChI is InChI=1S/CH2O3S2/c2-1(4-5)6-3/h3,5H. The van der Waals surface area contributed by atoms with Crippen molar-refractivity contribution in [3.63, 3.8) is 0 Å². The van der Waals surface area contributed by atoms with E-state index in [-0.39, 0.29) is 12.0 Å². The van der Waals surface area contributed by atoms with Crippen molar-refractivity contribution in [1.29, 1.82) is 0 Å². The van der Waals surface area contributed by atoms with E-state index in [1.165, 1.54) is 0 Å². The molecule has 0 atom stereocenters. The highest BCUT2D eigenvalue weighted by Gasteiger charge is 1.93. The molecule has 0 aliphatic heterocycles. The molecule has 0 aromatic carbocycles. The van der Waals surface area contributed by atoms with Crippen LogP contribution in [0.2, 0.25) is 0 Å². The van der Waals surface area contributed by atoms with Crippen LogP contribution in [0.3, 0.4) is 0 Å². The molecule has 1 N–H and O–H groups in total. The Morgan fingerprint density at radius 3 is 2.50 bits per heavy atom. The minimum atomic E-state index is -0.821. The minimum absolute atomic E-state index is 0.0127. The van der Waals surface area contributed by atoms with Gasteiger partial charge in [-0.05, 0) is 0 Å². The van der Waals surface area contributed by atoms with E-state index in [9.17, 15) is 4.79 Å². The molecule has 6 heavy (non-hydrogen) atoms. The summed E-state index contributed by atoms with van der Waals surface area (Å²) in [7, 11) is 0. The Morgan fingerprint density at radius 2 is 2.50 bits per heavy atom. The quantitative estimate of drug-likeness (QED) is 0.378. The van der Waals surface area contributed by atoms with E-state index >= 15 is 0 Å². The van der Waals surface area contributed by atoms with Crippen LogP contribution in [0.5, 0.6) is 0 Å². The first-order valence-corrected chi connectivity index (χ1v) is 2.12. The summed E-state index contributed by atoms with van der Waals surface area (Å²) in [6.07, 6.45) is 0. The topological polar surface area (TPSA) is 46.5 Å². The lowest BCUT2D eigenvalue weighted by Gasteiger charge is -1.82. The Labute approximate surface area is 44.5 Å². The summed E-state index contributed by atoms with van der Waals surface area (Å²) >= 11 is 3.05. The van der Waals surface area contributed by atoms with Gasteiger partial charge in [0.2, 0.25) is 0 Å². The molecule has 0 bridgehead atoms. The number of hydrogen-bond donors (Lipinski definition) is 2. The molecule has 0 aromatic heterocycles. The van der Waals surface area contributed by atoms with Crippen molar-refractivity contribution >= 4 is 30.3 Å². The zero-order valence-electron chi connectivity index (χ0n) is 2.62. The number of rotatable bonds is 0. The van der Waals surface area contributed by atoms with Gasteiger partial charge in [-0.15, -0.1) is 0 Å². The zero-order chi connectivity index (χ0) is 4.99. The summed E-state index contributed by atoms with van der Waals surface area (Å²) in [5.41, 5.74) is 0. The van der Waals surface area contributed by atoms with Crippen LogP contribution in [0.4, 0.5) is 4.79 Å². The molecule has 0 unspecified atom stereocenters. The molecule has 0 saturated carbocycles. The average molecular weight is 126 g/mol. The van der Waals surface area contributed by atoms with Gasteiger partial charge in [-0.25, -0.2) is 4.79 Å². The van der Waals surface area contributed by atoms with Crippen LogP contribution in [-0.4, -0.2) is 9.85 Å². The van der Waals surface area contributed by atoms with Gasteiger partial charge in [-0.2, -0.15) is 0 Å². The molecule has 0 aliphatic rings. The maximum absolute atomic E-state index is 9.59. The van der Waals surface area contributed by atoms with Crippen LogP contribution in [0.15, 0.2) is 0 Å². The molecule has 5 heteroatoms. The molecule has 0 aromatic rings. The molecule has 0 fully saturated rings. The molecule has 0 heterocycles. The lowest BCUT2D eigenvalue weighted by atomic mass is 11.6. The first kappa shape index (κ1) is 6.13. The van der Waals surface area contributed by atoms with E-state index in [2.05, 4.69) is 17.1 Å². The second kappa shape index (κ2) is 3.32. The Balaban J connectivity index is 2.99. The highest BCUT2D eigenvalue weighted by Crippen LogP contribution is 1.97. The lowest BCUT2D eigenvalue weighted by molar-refractivity contribution is 0.233. The predicted molar refractivity (Wildman–Crippen MR) is 25.7 cm³/mol. The van der Waals surface area contributed by atoms with E-state index in [0.29, 0.717) is 0 Å². The predicted octanol–water partition coefficient (Wildman–Crippen LogP) is 1.17. The van der Waals surface area contributed by atoms with Crippen molar-refractivity contribution in [2.45, 2.75) is 0 Å². The maximum atomic E-state index is 9.59. The first-order valence-electron chi connectivity index (χ1n) is 0.978. The molecule has 0 amide bonds. The fourth-order valence-corrected chi connectivity index (χ4v) is 0.150. The Kier molecular flexibility index (Phi) is 3.40. The average Bonchev–Trinajstić information content (AvgIpc) is 1.65. The summed E-state index contributed by atoms with van der Waals surface area (Å²) < 4.78 is 11.4. The maximum Gasteiger partial charge on any atom is 0.406 e. The first-order chi connectivity index (χ1) is 2.81. The smallest absolute Gasteiger partial charge is 0.385 e. The summed E-state index contributed by atoms with van der Waals surface area (Å²) in [5.74, 6) is 0. The van der Waals surface area contributed by atoms with Crippen molar-refractivity contribution in [3.05, 3.63) is 0 Å². The van der Waals surface area contributed by atoms with E-state index in [4.69, 9.17) is 4.55 Å². The molecule has 0 radical (unpaired) electrons. The number of hydrogen-bond acceptors (Lipinski definition) is 5. The van der Waals surface area contributed by atoms with Crippen LogP contribution in [-0.2, 0) is 4.18 Å². The van der Waals surface area contributed by atoms with Crippen molar-refractivity contribution in [2.75, 3.05) is 0 Å². The fraction of sp³-hybridized carbons (Fsp3) is 0. The second-order valence-electron chi connectivity index (χ2n) is 0.433. The van der Waals surface area contributed by atoms with E-state index in [0.717, 1.165) is 0 Å². The van der Waals surface area contributed by atoms with Gasteiger partial charge in [-0.3, -0.25) is 0 Å². The molecular weight excluding hydrogens is 124 g/mol. The van der Waals surface area contributed by atoms with Crippen LogP contribution >= 0.6 is 25.0 Å². The van der Waals surface area contributed by atoms with Gasteiger partial charge in [0.15, 0.2) is 0 Å². The Hall–Kier alpha value is 0.130. The normalized spacial score (nSPS) is 7.67. The molecule has 0 spiro atoms. The highest BCUT2D eigenvalue weighted by atomic mass is 32.2. The number of carbonyl (C=O) groups excluding carboxylic acids is 1. The van der Waals surface area contributed by atoms with Gasteiger partial charge in [-0.1, -0.05) is 0 Å². The van der Waals surface area contributed by atoms with Gasteiger partial charge in [0, 0.05) is 12.9 Å². The third-order valence-electron chi connectivity index (χ3n) is 0.149. The molecular formula is CH2O3S2. The third-order valence-corrected chi connectivity index (χ3v) is 0.671. The van der Waals surface area contributed by atoms with Crippen LogP contribution < -0.4 is 0 Å². The Morgan fingerprint density at radius 1 is 2.00 bits per heavy atom. The molecule has 0 aliphatic carbocycles. The van der Waals surface area contributed by atoms with Gasteiger partial charge in [0.25, 0.3) is 0 Å². The Bertz CT molecular complexity index is 46.8. The van der Waals surface area contributed by atoms with Crippen molar-refractivity contribution in [1.82, 2.24) is 0 Å². The highest BCUT2D eigenvalue weighted by molar-refractivity contribution is 8.09. The molecule has 36 valence electrons. The minimum Gasteiger partial charge on any atom is -0.385 e. The monoisotopic (exact) mass is 126 g/mol. The zero-order valence-corrected chi connectivity index (χ0v) is 4.33. The van der Waals surface area contributed by atoms with Crippen molar-refractivity contribution in [3.8, 4) is 0 Å². The van der Waals surface area contributed by atoms with Gasteiger partial charge >= 0.3 is 5.30 Å². The van der Waals surface area contributed by atoms with E-state index in [1.807, 2.05) is 0 Å². The largest absolute Gasteiger partial charge is 0.406 e. The number of carbonyl (C=O) groups is 1. The van der Waals surface area contributed by atoms with Crippen LogP contribution in [0.1, 0.15) is 0 Å². The summed E-state index contributed by atoms with van der Waals surface area (Å²) in [5, 5.41) is -0.821. The third kappa shape index (κ3) is 2.37. The van der Waals surface area contributed by atoms with Crippen molar-refractivity contribution in [2.24, 2.45) is 0 Å². The van der Waals surface area contributed by atoms with Gasteiger partial charge in [0.05, 0.1) is 0 Å². The van der Waals surface area contributed by atoms with Gasteiger partial charge in [0.1, 0.15) is 12.0 Å². The fourth-order valence-electron chi connectivity index (χ4n) is 0.0167. The SMILES string of the molecule is O=C(OS)SO. The van der Waals surface area contributed by atoms with E-state index in [1.54, 1.807) is 0 Å². The van der Waals surface area contributed by atoms with Crippen molar-refractivity contribution < 1.29 is 13.5 Å².